The summed E-state index contributed by atoms with van der Waals surface area (Å²) in [4.78, 5) is 0. The second-order valence-corrected chi connectivity index (χ2v) is 18.0. The van der Waals surface area contributed by atoms with Crippen LogP contribution in [0.5, 0.6) is 0 Å². The highest BCUT2D eigenvalue weighted by molar-refractivity contribution is 5.32. The Kier molecular flexibility index (Phi) is 7.21. The molecular weight excluding hydrogens is 564 g/mol. The normalized spacial score (nSPS) is 58.1. The Labute approximate surface area is 262 Å². The van der Waals surface area contributed by atoms with Crippen LogP contribution in [0.1, 0.15) is 106 Å². The van der Waals surface area contributed by atoms with Crippen LogP contribution in [0.3, 0.4) is 0 Å². The summed E-state index contributed by atoms with van der Waals surface area (Å²) in [7, 11) is 0. The van der Waals surface area contributed by atoms with Crippen molar-refractivity contribution < 1.29 is 44.8 Å². The van der Waals surface area contributed by atoms with Gasteiger partial charge in [0.15, 0.2) is 6.29 Å². The van der Waals surface area contributed by atoms with E-state index in [9.17, 15) is 30.6 Å². The molecule has 9 nitrogen and oxygen atoms in total. The van der Waals surface area contributed by atoms with Crippen molar-refractivity contribution in [2.45, 2.75) is 160 Å². The Hall–Kier alpha value is -0.360. The first-order valence-electron chi connectivity index (χ1n) is 17.4. The number of aliphatic hydroxyl groups is 6. The molecule has 5 saturated carbocycles. The Morgan fingerprint density at radius 1 is 0.818 bits per heavy atom. The molecule has 7 aliphatic rings. The zero-order valence-corrected chi connectivity index (χ0v) is 27.7. The Morgan fingerprint density at radius 3 is 2.16 bits per heavy atom. The molecular formula is C35H58O9. The molecule has 2 saturated heterocycles. The van der Waals surface area contributed by atoms with Crippen LogP contribution in [0.15, 0.2) is 0 Å². The van der Waals surface area contributed by atoms with E-state index in [4.69, 9.17) is 14.2 Å². The Balaban J connectivity index is 1.15. The van der Waals surface area contributed by atoms with Crippen LogP contribution in [-0.2, 0) is 14.2 Å². The summed E-state index contributed by atoms with van der Waals surface area (Å²) in [6, 6.07) is 0. The lowest BCUT2D eigenvalue weighted by Crippen LogP contribution is -2.62. The van der Waals surface area contributed by atoms with Crippen LogP contribution in [-0.4, -0.2) is 98.0 Å². The third-order valence-electron chi connectivity index (χ3n) is 15.5. The summed E-state index contributed by atoms with van der Waals surface area (Å²) in [5.41, 5.74) is -1.98. The summed E-state index contributed by atoms with van der Waals surface area (Å²) in [6.45, 7) is 12.7. The van der Waals surface area contributed by atoms with Crippen molar-refractivity contribution in [3.63, 3.8) is 0 Å². The smallest absolute Gasteiger partial charge is 0.186 e. The van der Waals surface area contributed by atoms with Gasteiger partial charge in [0.05, 0.1) is 36.1 Å². The van der Waals surface area contributed by atoms with Gasteiger partial charge in [-0.3, -0.25) is 0 Å². The van der Waals surface area contributed by atoms with E-state index in [0.29, 0.717) is 18.3 Å². The van der Waals surface area contributed by atoms with Crippen molar-refractivity contribution in [3.05, 3.63) is 0 Å². The number of hydrogen-bond donors (Lipinski definition) is 6. The summed E-state index contributed by atoms with van der Waals surface area (Å²) in [5, 5.41) is 64.8. The van der Waals surface area contributed by atoms with Crippen LogP contribution in [0.4, 0.5) is 0 Å². The lowest BCUT2D eigenvalue weighted by atomic mass is 9.41. The van der Waals surface area contributed by atoms with Gasteiger partial charge < -0.3 is 44.8 Å². The number of rotatable bonds is 5. The van der Waals surface area contributed by atoms with Crippen molar-refractivity contribution in [2.75, 3.05) is 13.2 Å². The third kappa shape index (κ3) is 3.97. The van der Waals surface area contributed by atoms with E-state index in [1.54, 1.807) is 13.8 Å². The first-order chi connectivity index (χ1) is 20.4. The summed E-state index contributed by atoms with van der Waals surface area (Å²) >= 11 is 0. The van der Waals surface area contributed by atoms with Crippen LogP contribution in [0.2, 0.25) is 0 Å². The maximum atomic E-state index is 11.9. The fourth-order valence-corrected chi connectivity index (χ4v) is 13.5. The van der Waals surface area contributed by atoms with Gasteiger partial charge in [-0.1, -0.05) is 20.8 Å². The molecule has 252 valence electrons. The zero-order chi connectivity index (χ0) is 31.9. The lowest BCUT2D eigenvalue weighted by molar-refractivity contribution is -0.303. The minimum Gasteiger partial charge on any atom is -0.396 e. The first kappa shape index (κ1) is 32.2. The van der Waals surface area contributed by atoms with Crippen molar-refractivity contribution in [3.8, 4) is 0 Å². The molecule has 6 N–H and O–H groups in total. The second kappa shape index (κ2) is 9.85. The predicted molar refractivity (Wildman–Crippen MR) is 161 cm³/mol. The highest BCUT2D eigenvalue weighted by Crippen LogP contribution is 2.89. The highest BCUT2D eigenvalue weighted by Gasteiger charge is 2.84. The van der Waals surface area contributed by atoms with Gasteiger partial charge in [0.25, 0.3) is 0 Å². The molecule has 15 unspecified atom stereocenters. The van der Waals surface area contributed by atoms with Crippen LogP contribution >= 0.6 is 0 Å². The quantitative estimate of drug-likeness (QED) is 0.255. The standard InChI is InChI=1S/C35H58O9/c1-29(2)21-7-8-22-31(5)15-19(37)27(32(6)11-9-24(44-32)30(3,4)41)35(31,18-36)14-13-34(22)17-33(21,34)12-10-23(29)43-28-26(40)25(39)20(38)16-42-28/h19-28,36-41H,7-18H2,1-6H3. The van der Waals surface area contributed by atoms with Crippen LogP contribution in [0.25, 0.3) is 0 Å². The molecule has 7 rings (SSSR count). The fourth-order valence-electron chi connectivity index (χ4n) is 13.5. The Bertz CT molecular complexity index is 1140. The molecule has 5 aliphatic carbocycles. The highest BCUT2D eigenvalue weighted by atomic mass is 16.7. The SMILES string of the molecule is CC(C)(O)C1CCC(C)(C2C(O)CC3(C)C4CCC5C(C)(C)C(OC6OCC(O)C(O)C6O)CCC56CC46CCC23CO)O1. The average Bonchev–Trinajstić information content (AvgIpc) is 3.30. The van der Waals surface area contributed by atoms with E-state index in [-0.39, 0.29) is 53.0 Å². The van der Waals surface area contributed by atoms with E-state index < -0.39 is 47.3 Å². The molecule has 0 aromatic rings. The van der Waals surface area contributed by atoms with Gasteiger partial charge in [-0.05, 0) is 118 Å². The predicted octanol–water partition coefficient (Wildman–Crippen LogP) is 2.90. The van der Waals surface area contributed by atoms with E-state index in [2.05, 4.69) is 27.7 Å². The topological polar surface area (TPSA) is 149 Å². The van der Waals surface area contributed by atoms with Crippen molar-refractivity contribution in [1.29, 1.82) is 0 Å². The van der Waals surface area contributed by atoms with Crippen molar-refractivity contribution in [2.24, 2.45) is 44.8 Å². The molecule has 0 radical (unpaired) electrons. The molecule has 0 bridgehead atoms. The largest absolute Gasteiger partial charge is 0.396 e. The molecule has 15 atom stereocenters. The van der Waals surface area contributed by atoms with Gasteiger partial charge in [0.1, 0.15) is 18.3 Å². The van der Waals surface area contributed by atoms with E-state index in [1.807, 2.05) is 0 Å². The monoisotopic (exact) mass is 622 g/mol. The Morgan fingerprint density at radius 2 is 1.50 bits per heavy atom. The maximum absolute atomic E-state index is 11.9. The molecule has 2 aliphatic heterocycles. The molecule has 44 heavy (non-hydrogen) atoms. The third-order valence-corrected chi connectivity index (χ3v) is 15.5. The molecule has 0 aromatic heterocycles. The molecule has 2 heterocycles. The number of ether oxygens (including phenoxy) is 3. The van der Waals surface area contributed by atoms with Crippen LogP contribution in [0, 0.1) is 44.8 Å². The van der Waals surface area contributed by atoms with Gasteiger partial charge in [-0.25, -0.2) is 0 Å². The number of hydrogen-bond acceptors (Lipinski definition) is 9. The second-order valence-electron chi connectivity index (χ2n) is 18.0. The van der Waals surface area contributed by atoms with Gasteiger partial charge in [0, 0.05) is 17.9 Å². The molecule has 7 fully saturated rings. The minimum absolute atomic E-state index is 0.0477. The minimum atomic E-state index is -1.29. The van der Waals surface area contributed by atoms with E-state index in [0.717, 1.165) is 51.4 Å². The van der Waals surface area contributed by atoms with Crippen molar-refractivity contribution >= 4 is 0 Å². The first-order valence-corrected chi connectivity index (χ1v) is 17.4. The fraction of sp³-hybridized carbons (Fsp3) is 1.00. The van der Waals surface area contributed by atoms with Gasteiger partial charge in [0.2, 0.25) is 0 Å². The maximum Gasteiger partial charge on any atom is 0.186 e. The molecule has 9 heteroatoms. The van der Waals surface area contributed by atoms with Gasteiger partial charge >= 0.3 is 0 Å². The van der Waals surface area contributed by atoms with E-state index in [1.165, 1.54) is 6.42 Å². The molecule has 0 aromatic carbocycles. The molecule has 0 amide bonds. The average molecular weight is 623 g/mol. The molecule has 2 spiro atoms. The zero-order valence-electron chi connectivity index (χ0n) is 27.7. The number of fused-ring (bicyclic) bond motifs is 2. The summed E-state index contributed by atoms with van der Waals surface area (Å²) in [6.07, 6.45) is 3.69. The van der Waals surface area contributed by atoms with E-state index >= 15 is 0 Å². The van der Waals surface area contributed by atoms with Gasteiger partial charge in [-0.15, -0.1) is 0 Å². The lowest BCUT2D eigenvalue weighted by Gasteiger charge is -2.64. The van der Waals surface area contributed by atoms with Crippen LogP contribution < -0.4 is 0 Å². The van der Waals surface area contributed by atoms with Crippen molar-refractivity contribution in [1.82, 2.24) is 0 Å². The summed E-state index contributed by atoms with van der Waals surface area (Å²) in [5.74, 6) is 0.672. The summed E-state index contributed by atoms with van der Waals surface area (Å²) < 4.78 is 18.8. The van der Waals surface area contributed by atoms with Gasteiger partial charge in [-0.2, -0.15) is 0 Å². The number of aliphatic hydroxyl groups excluding tert-OH is 5.